The van der Waals surface area contributed by atoms with E-state index in [0.717, 1.165) is 0 Å². The number of rotatable bonds is 1. The molecule has 0 heterocycles. The lowest BCUT2D eigenvalue weighted by molar-refractivity contribution is -0.137. The largest absolute Gasteiger partial charge is 0.454 e. The molecule has 0 amide bonds. The Morgan fingerprint density at radius 2 is 1.59 bits per heavy atom. The predicted octanol–water partition coefficient (Wildman–Crippen LogP) is 4.21. The van der Waals surface area contributed by atoms with E-state index in [4.69, 9.17) is 0 Å². The molecule has 0 unspecified atom stereocenters. The summed E-state index contributed by atoms with van der Waals surface area (Å²) in [6.45, 7) is 0. The van der Waals surface area contributed by atoms with Crippen molar-refractivity contribution in [1.29, 1.82) is 0 Å². The molecule has 0 aliphatic heterocycles. The first-order chi connectivity index (χ1) is 7.53. The molecule has 1 aromatic carbocycles. The molecule has 8 heteroatoms. The quantitative estimate of drug-likeness (QED) is 0.559. The summed E-state index contributed by atoms with van der Waals surface area (Å²) in [6, 6.07) is 1.34. The Morgan fingerprint density at radius 3 is 1.94 bits per heavy atom. The fraction of sp³-hybridized carbons (Fsp3) is 0.222. The van der Waals surface area contributed by atoms with Crippen LogP contribution in [0, 0.1) is 0 Å². The first-order valence-corrected chi connectivity index (χ1v) is 4.81. The van der Waals surface area contributed by atoms with E-state index in [-0.39, 0.29) is 0 Å². The molecule has 0 aliphatic rings. The van der Waals surface area contributed by atoms with Crippen LogP contribution in [0.15, 0.2) is 22.7 Å². The Bertz CT molecular complexity index is 448. The maximum Gasteiger partial charge on any atom is 0.454 e. The second-order valence-corrected chi connectivity index (χ2v) is 3.87. The third-order valence-electron chi connectivity index (χ3n) is 1.80. The van der Waals surface area contributed by atoms with Gasteiger partial charge in [0.05, 0.1) is 5.56 Å². The zero-order valence-corrected chi connectivity index (χ0v) is 9.37. The fourth-order valence-electron chi connectivity index (χ4n) is 1.03. The molecule has 17 heavy (non-hydrogen) atoms. The Hall–Kier alpha value is -1.05. The summed E-state index contributed by atoms with van der Waals surface area (Å²) >= 11 is 2.51. The topological polar surface area (TPSA) is 17.1 Å². The summed E-state index contributed by atoms with van der Waals surface area (Å²) < 4.78 is 72.2. The van der Waals surface area contributed by atoms with E-state index >= 15 is 0 Å². The van der Waals surface area contributed by atoms with Crippen LogP contribution in [0.4, 0.5) is 26.3 Å². The van der Waals surface area contributed by atoms with E-state index in [0.29, 0.717) is 18.2 Å². The van der Waals surface area contributed by atoms with Gasteiger partial charge in [0, 0.05) is 10.0 Å². The lowest BCUT2D eigenvalue weighted by atomic mass is 10.1. The molecule has 0 N–H and O–H groups in total. The average molecular weight is 321 g/mol. The van der Waals surface area contributed by atoms with E-state index in [1.165, 1.54) is 0 Å². The SMILES string of the molecule is O=C(c1ccc(C(F)(F)F)cc1Br)C(F)(F)F. The highest BCUT2D eigenvalue weighted by Crippen LogP contribution is 2.34. The number of ketones is 1. The van der Waals surface area contributed by atoms with Crippen molar-refractivity contribution in [3.05, 3.63) is 33.8 Å². The van der Waals surface area contributed by atoms with Crippen molar-refractivity contribution < 1.29 is 31.1 Å². The van der Waals surface area contributed by atoms with Crippen molar-refractivity contribution in [2.45, 2.75) is 12.4 Å². The molecular formula is C9H3BrF6O. The van der Waals surface area contributed by atoms with Crippen LogP contribution in [-0.2, 0) is 6.18 Å². The van der Waals surface area contributed by atoms with Gasteiger partial charge in [0.2, 0.25) is 0 Å². The van der Waals surface area contributed by atoms with Gasteiger partial charge in [-0.25, -0.2) is 0 Å². The van der Waals surface area contributed by atoms with Crippen molar-refractivity contribution in [3.63, 3.8) is 0 Å². The molecule has 0 aliphatic carbocycles. The first kappa shape index (κ1) is 14.0. The molecule has 0 radical (unpaired) electrons. The van der Waals surface area contributed by atoms with Crippen LogP contribution in [0.5, 0.6) is 0 Å². The van der Waals surface area contributed by atoms with Gasteiger partial charge in [-0.3, -0.25) is 4.79 Å². The van der Waals surface area contributed by atoms with Gasteiger partial charge in [0.1, 0.15) is 0 Å². The summed E-state index contributed by atoms with van der Waals surface area (Å²) in [5.74, 6) is -2.20. The summed E-state index contributed by atoms with van der Waals surface area (Å²) in [6.07, 6.45) is -9.80. The minimum absolute atomic E-state index is 0.420. The van der Waals surface area contributed by atoms with Crippen molar-refractivity contribution in [2.75, 3.05) is 0 Å². The van der Waals surface area contributed by atoms with Crippen LogP contribution in [0.25, 0.3) is 0 Å². The minimum Gasteiger partial charge on any atom is -0.284 e. The molecule has 0 spiro atoms. The molecule has 0 bridgehead atoms. The van der Waals surface area contributed by atoms with E-state index in [9.17, 15) is 31.1 Å². The number of carbonyl (C=O) groups is 1. The molecule has 0 saturated carbocycles. The third-order valence-corrected chi connectivity index (χ3v) is 2.45. The average Bonchev–Trinajstić information content (AvgIpc) is 2.13. The van der Waals surface area contributed by atoms with Crippen molar-refractivity contribution in [1.82, 2.24) is 0 Å². The van der Waals surface area contributed by atoms with Gasteiger partial charge in [-0.05, 0) is 18.2 Å². The van der Waals surface area contributed by atoms with Crippen LogP contribution in [0.1, 0.15) is 15.9 Å². The summed E-state index contributed by atoms with van der Waals surface area (Å²) in [5, 5.41) is 0. The highest BCUT2D eigenvalue weighted by Gasteiger charge is 2.41. The third kappa shape index (κ3) is 3.21. The zero-order chi connectivity index (χ0) is 13.4. The Morgan fingerprint density at radius 1 is 1.06 bits per heavy atom. The van der Waals surface area contributed by atoms with E-state index in [2.05, 4.69) is 15.9 Å². The summed E-state index contributed by atoms with van der Waals surface area (Å²) in [7, 11) is 0. The van der Waals surface area contributed by atoms with Gasteiger partial charge in [-0.1, -0.05) is 15.9 Å². The van der Waals surface area contributed by atoms with Crippen molar-refractivity contribution in [3.8, 4) is 0 Å². The fourth-order valence-corrected chi connectivity index (χ4v) is 1.59. The van der Waals surface area contributed by atoms with E-state index in [1.807, 2.05) is 0 Å². The summed E-state index contributed by atoms with van der Waals surface area (Å²) in [4.78, 5) is 10.8. The van der Waals surface area contributed by atoms with E-state index in [1.54, 1.807) is 0 Å². The maximum atomic E-state index is 12.2. The van der Waals surface area contributed by atoms with Crippen LogP contribution in [-0.4, -0.2) is 12.0 Å². The molecule has 0 aromatic heterocycles. The van der Waals surface area contributed by atoms with E-state index < -0.39 is 33.7 Å². The standard InChI is InChI=1S/C9H3BrF6O/c10-6-3-4(8(11,12)13)1-2-5(6)7(17)9(14,15)16/h1-3H. The predicted molar refractivity (Wildman–Crippen MR) is 49.5 cm³/mol. The smallest absolute Gasteiger partial charge is 0.284 e. The molecule has 1 rings (SSSR count). The van der Waals surface area contributed by atoms with Gasteiger partial charge < -0.3 is 0 Å². The highest BCUT2D eigenvalue weighted by molar-refractivity contribution is 9.10. The second kappa shape index (κ2) is 4.32. The molecule has 0 fully saturated rings. The lowest BCUT2D eigenvalue weighted by Crippen LogP contribution is -2.23. The van der Waals surface area contributed by atoms with Crippen LogP contribution >= 0.6 is 15.9 Å². The monoisotopic (exact) mass is 320 g/mol. The van der Waals surface area contributed by atoms with Gasteiger partial charge in [-0.15, -0.1) is 0 Å². The van der Waals surface area contributed by atoms with Gasteiger partial charge >= 0.3 is 12.4 Å². The van der Waals surface area contributed by atoms with Gasteiger partial charge in [0.25, 0.3) is 5.78 Å². The van der Waals surface area contributed by atoms with Gasteiger partial charge in [0.15, 0.2) is 0 Å². The molecule has 94 valence electrons. The van der Waals surface area contributed by atoms with Crippen LogP contribution < -0.4 is 0 Å². The number of hydrogen-bond acceptors (Lipinski definition) is 1. The number of halogens is 7. The molecular weight excluding hydrogens is 318 g/mol. The van der Waals surface area contributed by atoms with Crippen LogP contribution in [0.2, 0.25) is 0 Å². The molecule has 0 atom stereocenters. The maximum absolute atomic E-state index is 12.2. The molecule has 1 aromatic rings. The Balaban J connectivity index is 3.20. The van der Waals surface area contributed by atoms with Crippen molar-refractivity contribution in [2.24, 2.45) is 0 Å². The van der Waals surface area contributed by atoms with Crippen molar-refractivity contribution >= 4 is 21.7 Å². The molecule has 1 nitrogen and oxygen atoms in total. The lowest BCUT2D eigenvalue weighted by Gasteiger charge is -2.10. The minimum atomic E-state index is -5.12. The number of benzene rings is 1. The second-order valence-electron chi connectivity index (χ2n) is 3.02. The zero-order valence-electron chi connectivity index (χ0n) is 7.79. The number of Topliss-reactive ketones (excluding diaryl/α,β-unsaturated/α-hetero) is 1. The number of alkyl halides is 6. The Labute approximate surface area is 99.5 Å². The molecule has 0 saturated heterocycles. The van der Waals surface area contributed by atoms with Crippen LogP contribution in [0.3, 0.4) is 0 Å². The Kier molecular flexibility index (Phi) is 3.56. The summed E-state index contributed by atoms with van der Waals surface area (Å²) in [5.41, 5.74) is -1.99. The van der Waals surface area contributed by atoms with Gasteiger partial charge in [-0.2, -0.15) is 26.3 Å². The highest BCUT2D eigenvalue weighted by atomic mass is 79.9. The first-order valence-electron chi connectivity index (χ1n) is 4.02. The normalized spacial score (nSPS) is 12.6. The number of carbonyl (C=O) groups excluding carboxylic acids is 1. The number of hydrogen-bond donors (Lipinski definition) is 0.